The fourth-order valence-electron chi connectivity index (χ4n) is 1.22. The summed E-state index contributed by atoms with van der Waals surface area (Å²) in [6, 6.07) is 5.92. The van der Waals surface area contributed by atoms with E-state index in [1.165, 1.54) is 6.39 Å². The van der Waals surface area contributed by atoms with Crippen molar-refractivity contribution in [3.63, 3.8) is 0 Å². The van der Waals surface area contributed by atoms with Gasteiger partial charge in [-0.15, -0.1) is 0 Å². The van der Waals surface area contributed by atoms with Crippen LogP contribution in [0.2, 0.25) is 0 Å². The molecule has 0 N–H and O–H groups in total. The normalized spacial score (nSPS) is 11.4. The summed E-state index contributed by atoms with van der Waals surface area (Å²) in [5.41, 5.74) is 2.84. The Morgan fingerprint density at radius 3 is 3.17 bits per heavy atom. The largest absolute Gasteiger partial charge is 0.443 e. The van der Waals surface area contributed by atoms with Crippen molar-refractivity contribution in [1.82, 2.24) is 4.98 Å². The van der Waals surface area contributed by atoms with E-state index in [1.54, 1.807) is 0 Å². The van der Waals surface area contributed by atoms with Gasteiger partial charge in [-0.25, -0.2) is 4.98 Å². The maximum absolute atomic E-state index is 5.24. The van der Waals surface area contributed by atoms with Crippen molar-refractivity contribution in [1.29, 1.82) is 0 Å². The Hall–Kier alpha value is -1.57. The lowest BCUT2D eigenvalue weighted by atomic mass is 10.2. The Morgan fingerprint density at radius 2 is 2.33 bits per heavy atom. The summed E-state index contributed by atoms with van der Waals surface area (Å²) in [4.78, 5) is 4.06. The van der Waals surface area contributed by atoms with E-state index in [-0.39, 0.29) is 0 Å². The molecular formula is C10H9NO. The third-order valence-electron chi connectivity index (χ3n) is 1.73. The van der Waals surface area contributed by atoms with Crippen LogP contribution in [0.1, 0.15) is 12.5 Å². The van der Waals surface area contributed by atoms with Crippen LogP contribution in [0.4, 0.5) is 0 Å². The van der Waals surface area contributed by atoms with E-state index in [2.05, 4.69) is 4.98 Å². The van der Waals surface area contributed by atoms with Gasteiger partial charge < -0.3 is 4.42 Å². The number of fused-ring (bicyclic) bond motifs is 1. The van der Waals surface area contributed by atoms with Gasteiger partial charge in [0, 0.05) is 5.56 Å². The minimum absolute atomic E-state index is 0.857. The molecule has 2 rings (SSSR count). The summed E-state index contributed by atoms with van der Waals surface area (Å²) in [6.07, 6.45) is 5.46. The smallest absolute Gasteiger partial charge is 0.182 e. The number of hydrogen-bond donors (Lipinski definition) is 0. The minimum Gasteiger partial charge on any atom is -0.443 e. The Kier molecular flexibility index (Phi) is 1.67. The fourth-order valence-corrected chi connectivity index (χ4v) is 1.22. The molecule has 0 saturated heterocycles. The quantitative estimate of drug-likeness (QED) is 0.639. The molecule has 0 bridgehead atoms. The van der Waals surface area contributed by atoms with Gasteiger partial charge in [-0.3, -0.25) is 0 Å². The second-order valence-electron chi connectivity index (χ2n) is 2.55. The molecule has 1 heterocycles. The molecule has 0 unspecified atom stereocenters. The minimum atomic E-state index is 0.857. The first-order chi connectivity index (χ1) is 5.92. The topological polar surface area (TPSA) is 26.0 Å². The van der Waals surface area contributed by atoms with Crippen molar-refractivity contribution < 1.29 is 4.42 Å². The van der Waals surface area contributed by atoms with E-state index in [9.17, 15) is 0 Å². The van der Waals surface area contributed by atoms with Gasteiger partial charge in [0.15, 0.2) is 12.0 Å². The molecule has 0 amide bonds. The summed E-state index contributed by atoms with van der Waals surface area (Å²) in [7, 11) is 0. The first-order valence-electron chi connectivity index (χ1n) is 3.87. The number of aromatic nitrogens is 1. The summed E-state index contributed by atoms with van der Waals surface area (Å²) in [5.74, 6) is 0. The van der Waals surface area contributed by atoms with Gasteiger partial charge in [0.2, 0.25) is 0 Å². The lowest BCUT2D eigenvalue weighted by Crippen LogP contribution is -1.72. The standard InChI is InChI=1S/C10H9NO/c1-2-4-8-5-3-6-9-10(8)12-7-11-9/h2-7H,1H3/b4-2+. The van der Waals surface area contributed by atoms with Crippen LogP contribution in [0.15, 0.2) is 35.1 Å². The Bertz CT molecular complexity index is 414. The molecule has 0 spiro atoms. The van der Waals surface area contributed by atoms with Crippen LogP contribution >= 0.6 is 0 Å². The molecule has 2 aromatic rings. The number of oxazole rings is 1. The maximum atomic E-state index is 5.24. The summed E-state index contributed by atoms with van der Waals surface area (Å²) in [6.45, 7) is 1.98. The fraction of sp³-hybridized carbons (Fsp3) is 0.100. The van der Waals surface area contributed by atoms with Crippen molar-refractivity contribution in [2.24, 2.45) is 0 Å². The molecule has 1 aromatic carbocycles. The predicted octanol–water partition coefficient (Wildman–Crippen LogP) is 2.86. The molecule has 0 fully saturated rings. The molecule has 60 valence electrons. The van der Waals surface area contributed by atoms with Crippen molar-refractivity contribution in [2.45, 2.75) is 6.92 Å². The average Bonchev–Trinajstić information content (AvgIpc) is 2.53. The SMILES string of the molecule is C/C=C/c1cccc2ncoc12. The number of hydrogen-bond acceptors (Lipinski definition) is 2. The van der Waals surface area contributed by atoms with Crippen molar-refractivity contribution in [3.8, 4) is 0 Å². The number of nitrogens with zero attached hydrogens (tertiary/aromatic N) is 1. The van der Waals surface area contributed by atoms with Crippen LogP contribution in [0.3, 0.4) is 0 Å². The van der Waals surface area contributed by atoms with Gasteiger partial charge in [-0.2, -0.15) is 0 Å². The van der Waals surface area contributed by atoms with Crippen LogP contribution in [0.5, 0.6) is 0 Å². The highest BCUT2D eigenvalue weighted by Gasteiger charge is 2.00. The van der Waals surface area contributed by atoms with Gasteiger partial charge in [0.05, 0.1) is 0 Å². The molecule has 0 aliphatic heterocycles. The highest BCUT2D eigenvalue weighted by atomic mass is 16.3. The van der Waals surface area contributed by atoms with Crippen molar-refractivity contribution >= 4 is 17.2 Å². The van der Waals surface area contributed by atoms with Crippen LogP contribution in [-0.4, -0.2) is 4.98 Å². The predicted molar refractivity (Wildman–Crippen MR) is 48.7 cm³/mol. The van der Waals surface area contributed by atoms with Crippen LogP contribution in [-0.2, 0) is 0 Å². The molecule has 1 aromatic heterocycles. The first kappa shape index (κ1) is 7.10. The van der Waals surface area contributed by atoms with E-state index in [0.29, 0.717) is 0 Å². The highest BCUT2D eigenvalue weighted by molar-refractivity contribution is 5.82. The number of allylic oxidation sites excluding steroid dienone is 1. The highest BCUT2D eigenvalue weighted by Crippen LogP contribution is 2.18. The number of para-hydroxylation sites is 1. The lowest BCUT2D eigenvalue weighted by Gasteiger charge is -1.91. The van der Waals surface area contributed by atoms with E-state index in [0.717, 1.165) is 16.7 Å². The van der Waals surface area contributed by atoms with E-state index < -0.39 is 0 Å². The summed E-state index contributed by atoms with van der Waals surface area (Å²) < 4.78 is 5.24. The summed E-state index contributed by atoms with van der Waals surface area (Å²) in [5, 5.41) is 0. The zero-order chi connectivity index (χ0) is 8.39. The molecule has 2 heteroatoms. The molecular weight excluding hydrogens is 150 g/mol. The maximum Gasteiger partial charge on any atom is 0.182 e. The molecule has 0 atom stereocenters. The Balaban J connectivity index is 2.73. The van der Waals surface area contributed by atoms with Gasteiger partial charge >= 0.3 is 0 Å². The van der Waals surface area contributed by atoms with Gasteiger partial charge in [0.1, 0.15) is 5.52 Å². The molecule has 0 radical (unpaired) electrons. The Morgan fingerprint density at radius 1 is 1.42 bits per heavy atom. The Labute approximate surface area is 70.5 Å². The van der Waals surface area contributed by atoms with Crippen LogP contribution in [0, 0.1) is 0 Å². The monoisotopic (exact) mass is 159 g/mol. The zero-order valence-electron chi connectivity index (χ0n) is 6.82. The zero-order valence-corrected chi connectivity index (χ0v) is 6.82. The van der Waals surface area contributed by atoms with E-state index in [1.807, 2.05) is 37.3 Å². The van der Waals surface area contributed by atoms with Gasteiger partial charge in [-0.05, 0) is 13.0 Å². The number of rotatable bonds is 1. The van der Waals surface area contributed by atoms with E-state index in [4.69, 9.17) is 4.42 Å². The lowest BCUT2D eigenvalue weighted by molar-refractivity contribution is 0.601. The first-order valence-corrected chi connectivity index (χ1v) is 3.87. The molecule has 0 saturated carbocycles. The molecule has 12 heavy (non-hydrogen) atoms. The van der Waals surface area contributed by atoms with Crippen LogP contribution in [0.25, 0.3) is 17.2 Å². The number of benzene rings is 1. The molecule has 0 aliphatic carbocycles. The van der Waals surface area contributed by atoms with Crippen LogP contribution < -0.4 is 0 Å². The van der Waals surface area contributed by atoms with Gasteiger partial charge in [-0.1, -0.05) is 24.3 Å². The summed E-state index contributed by atoms with van der Waals surface area (Å²) >= 11 is 0. The average molecular weight is 159 g/mol. The molecule has 2 nitrogen and oxygen atoms in total. The van der Waals surface area contributed by atoms with Crippen molar-refractivity contribution in [3.05, 3.63) is 36.2 Å². The third kappa shape index (κ3) is 1.01. The second kappa shape index (κ2) is 2.81. The second-order valence-corrected chi connectivity index (χ2v) is 2.55. The van der Waals surface area contributed by atoms with Crippen molar-refractivity contribution in [2.75, 3.05) is 0 Å². The molecule has 0 aliphatic rings. The third-order valence-corrected chi connectivity index (χ3v) is 1.73. The van der Waals surface area contributed by atoms with Gasteiger partial charge in [0.25, 0.3) is 0 Å². The van der Waals surface area contributed by atoms with E-state index >= 15 is 0 Å².